The van der Waals surface area contributed by atoms with Gasteiger partial charge in [0.15, 0.2) is 0 Å². The van der Waals surface area contributed by atoms with E-state index in [1.54, 1.807) is 20.8 Å². The molecule has 2 fully saturated rings. The number of nitrogens with one attached hydrogen (secondary N) is 3. The van der Waals surface area contributed by atoms with Crippen molar-refractivity contribution in [2.24, 2.45) is 5.73 Å². The highest BCUT2D eigenvalue weighted by Crippen LogP contribution is 2.31. The third kappa shape index (κ3) is 14.9. The number of hydrogen-bond donors (Lipinski definition) is 7. The van der Waals surface area contributed by atoms with Crippen molar-refractivity contribution in [2.45, 2.75) is 140 Å². The minimum Gasteiger partial charge on any atom is -0.444 e. The third-order valence-electron chi connectivity index (χ3n) is 8.34. The Kier molecular flexibility index (Phi) is 16.0. The number of alkyl carbamates (subject to hydrolysis) is 2. The second-order valence-corrected chi connectivity index (χ2v) is 15.1. The second kappa shape index (κ2) is 19.4. The monoisotopic (exact) mass is 700 g/mol. The van der Waals surface area contributed by atoms with Crippen LogP contribution in [0.5, 0.6) is 0 Å². The molecule has 0 saturated carbocycles. The molecule has 8 unspecified atom stereocenters. The Balaban J connectivity index is 0.000000270. The molecule has 0 aliphatic carbocycles. The lowest BCUT2D eigenvalue weighted by Gasteiger charge is -2.31. The van der Waals surface area contributed by atoms with E-state index in [2.05, 4.69) is 16.0 Å². The lowest BCUT2D eigenvalue weighted by molar-refractivity contribution is -0.0237. The summed E-state index contributed by atoms with van der Waals surface area (Å²) in [6.07, 6.45) is 0.137. The predicted molar refractivity (Wildman–Crippen MR) is 193 cm³/mol. The van der Waals surface area contributed by atoms with Gasteiger partial charge in [0.25, 0.3) is 0 Å². The van der Waals surface area contributed by atoms with Crippen LogP contribution in [0, 0.1) is 0 Å². The highest BCUT2D eigenvalue weighted by Gasteiger charge is 2.47. The average molecular weight is 701 g/mol. The van der Waals surface area contributed by atoms with Crippen LogP contribution in [0.15, 0.2) is 60.7 Å². The highest BCUT2D eigenvalue weighted by atomic mass is 16.6. The molecule has 2 aromatic rings. The Hall–Kier alpha value is -3.26. The lowest BCUT2D eigenvalue weighted by Crippen LogP contribution is -2.55. The number of hydrogen-bond acceptors (Lipinski definition) is 10. The first kappa shape index (κ1) is 41.2. The Morgan fingerprint density at radius 2 is 1.34 bits per heavy atom. The van der Waals surface area contributed by atoms with Crippen LogP contribution >= 0.6 is 0 Å². The molecular formula is C38H60N4O8. The molecule has 12 nitrogen and oxygen atoms in total. The van der Waals surface area contributed by atoms with Crippen LogP contribution in [0.3, 0.4) is 0 Å². The van der Waals surface area contributed by atoms with E-state index in [0.29, 0.717) is 19.4 Å². The zero-order chi connectivity index (χ0) is 36.9. The van der Waals surface area contributed by atoms with Gasteiger partial charge in [-0.1, -0.05) is 60.7 Å². The zero-order valence-corrected chi connectivity index (χ0v) is 30.5. The zero-order valence-electron chi connectivity index (χ0n) is 30.5. The number of amides is 2. The molecule has 2 aliphatic heterocycles. The topological polar surface area (TPSA) is 188 Å². The van der Waals surface area contributed by atoms with Crippen LogP contribution in [-0.2, 0) is 27.1 Å². The number of aliphatic hydroxyl groups is 3. The minimum atomic E-state index is -1.09. The molecule has 2 saturated heterocycles. The van der Waals surface area contributed by atoms with Gasteiger partial charge in [-0.15, -0.1) is 0 Å². The molecule has 2 aromatic carbocycles. The smallest absolute Gasteiger partial charge is 0.407 e. The maximum absolute atomic E-state index is 12.2. The molecule has 4 rings (SSSR count). The molecule has 50 heavy (non-hydrogen) atoms. The first-order chi connectivity index (χ1) is 23.6. The van der Waals surface area contributed by atoms with Crippen molar-refractivity contribution in [3.63, 3.8) is 0 Å². The molecule has 8 N–H and O–H groups in total. The molecule has 2 heterocycles. The fraction of sp³-hybridized carbons (Fsp3) is 0.632. The normalized spacial score (nSPS) is 21.8. The van der Waals surface area contributed by atoms with Crippen LogP contribution in [0.1, 0.15) is 78.4 Å². The van der Waals surface area contributed by atoms with E-state index in [9.17, 15) is 24.9 Å². The maximum atomic E-state index is 12.2. The number of ether oxygens (including phenoxy) is 3. The van der Waals surface area contributed by atoms with E-state index in [1.807, 2.05) is 81.4 Å². The molecular weight excluding hydrogens is 640 g/mol. The summed E-state index contributed by atoms with van der Waals surface area (Å²) in [5.74, 6) is 0. The molecule has 0 bridgehead atoms. The van der Waals surface area contributed by atoms with Gasteiger partial charge < -0.3 is 51.2 Å². The van der Waals surface area contributed by atoms with Crippen LogP contribution in [0.2, 0.25) is 0 Å². The number of epoxide rings is 1. The molecule has 0 spiro atoms. The minimum absolute atomic E-state index is 0.0114. The summed E-state index contributed by atoms with van der Waals surface area (Å²) in [5.41, 5.74) is 6.30. The van der Waals surface area contributed by atoms with Gasteiger partial charge in [-0.2, -0.15) is 0 Å². The van der Waals surface area contributed by atoms with Gasteiger partial charge in [-0.3, -0.25) is 0 Å². The number of benzene rings is 2. The third-order valence-corrected chi connectivity index (χ3v) is 8.34. The SMILES string of the molecule is CC(C)(C)OC(=O)NC(Cc1ccccc1)C(O)C(O)C1CCCN1.CC(C)(C)OC(=O)NC(Cc1ccccc1)C(O)C1OC1CCCN. The summed E-state index contributed by atoms with van der Waals surface area (Å²) in [7, 11) is 0. The number of nitrogens with two attached hydrogens (primary N) is 1. The van der Waals surface area contributed by atoms with E-state index >= 15 is 0 Å². The van der Waals surface area contributed by atoms with Gasteiger partial charge in [0.05, 0.1) is 24.3 Å². The fourth-order valence-electron chi connectivity index (χ4n) is 5.88. The van der Waals surface area contributed by atoms with Crippen molar-refractivity contribution in [3.8, 4) is 0 Å². The Labute approximate surface area is 297 Å². The molecule has 2 aliphatic rings. The van der Waals surface area contributed by atoms with E-state index in [4.69, 9.17) is 19.9 Å². The average Bonchev–Trinajstić information content (AvgIpc) is 3.60. The van der Waals surface area contributed by atoms with Crippen molar-refractivity contribution in [2.75, 3.05) is 13.1 Å². The number of rotatable bonds is 14. The summed E-state index contributed by atoms with van der Waals surface area (Å²) in [6, 6.07) is 18.0. The second-order valence-electron chi connectivity index (χ2n) is 15.1. The van der Waals surface area contributed by atoms with Crippen molar-refractivity contribution in [3.05, 3.63) is 71.8 Å². The molecule has 12 heteroatoms. The van der Waals surface area contributed by atoms with Crippen molar-refractivity contribution in [1.82, 2.24) is 16.0 Å². The predicted octanol–water partition coefficient (Wildman–Crippen LogP) is 3.59. The Bertz CT molecular complexity index is 1280. The summed E-state index contributed by atoms with van der Waals surface area (Å²) in [6.45, 7) is 12.2. The van der Waals surface area contributed by atoms with Crippen LogP contribution < -0.4 is 21.7 Å². The Morgan fingerprint density at radius 1 is 0.840 bits per heavy atom. The van der Waals surface area contributed by atoms with E-state index in [-0.39, 0.29) is 18.2 Å². The van der Waals surface area contributed by atoms with Crippen molar-refractivity contribution < 1.29 is 39.1 Å². The van der Waals surface area contributed by atoms with Gasteiger partial charge in [0.1, 0.15) is 29.5 Å². The maximum Gasteiger partial charge on any atom is 0.407 e. The van der Waals surface area contributed by atoms with E-state index in [1.165, 1.54) is 0 Å². The van der Waals surface area contributed by atoms with Crippen molar-refractivity contribution in [1.29, 1.82) is 0 Å². The lowest BCUT2D eigenvalue weighted by atomic mass is 9.93. The first-order valence-electron chi connectivity index (χ1n) is 17.8. The quantitative estimate of drug-likeness (QED) is 0.144. The standard InChI is InChI=1S/2C19H30N2O4/c1-19(2,3)25-18(23)21-14(12-13-8-5-4-6-9-13)16(22)17-15(24-17)10-7-11-20;1-19(2,3)25-18(24)21-15(12-13-8-5-4-6-9-13)17(23)16(22)14-10-7-11-20-14/h4-6,8-9,14-17,22H,7,10-12,20H2,1-3H3,(H,21,23);4-6,8-9,14-17,20,22-23H,7,10-12H2,1-3H3,(H,21,24). The summed E-state index contributed by atoms with van der Waals surface area (Å²) in [5, 5.41) is 40.6. The summed E-state index contributed by atoms with van der Waals surface area (Å²) in [4.78, 5) is 24.3. The van der Waals surface area contributed by atoms with Crippen LogP contribution in [0.4, 0.5) is 9.59 Å². The molecule has 8 atom stereocenters. The molecule has 2 amide bonds. The van der Waals surface area contributed by atoms with Gasteiger partial charge in [0, 0.05) is 6.04 Å². The van der Waals surface area contributed by atoms with Gasteiger partial charge in [-0.05, 0) is 104 Å². The number of aliphatic hydroxyl groups excluding tert-OH is 3. The number of carbonyl (C=O) groups is 2. The van der Waals surface area contributed by atoms with E-state index in [0.717, 1.165) is 43.4 Å². The highest BCUT2D eigenvalue weighted by molar-refractivity contribution is 5.68. The fourth-order valence-corrected chi connectivity index (χ4v) is 5.88. The Morgan fingerprint density at radius 3 is 1.80 bits per heavy atom. The molecule has 280 valence electrons. The first-order valence-corrected chi connectivity index (χ1v) is 17.8. The molecule has 0 aromatic heterocycles. The largest absolute Gasteiger partial charge is 0.444 e. The van der Waals surface area contributed by atoms with Crippen LogP contribution in [-0.4, -0.2) is 100 Å². The van der Waals surface area contributed by atoms with Gasteiger partial charge in [-0.25, -0.2) is 9.59 Å². The van der Waals surface area contributed by atoms with Crippen LogP contribution in [0.25, 0.3) is 0 Å². The number of carbonyl (C=O) groups excluding carboxylic acids is 2. The summed E-state index contributed by atoms with van der Waals surface area (Å²) < 4.78 is 16.2. The summed E-state index contributed by atoms with van der Waals surface area (Å²) >= 11 is 0. The van der Waals surface area contributed by atoms with Gasteiger partial charge >= 0.3 is 12.2 Å². The van der Waals surface area contributed by atoms with Crippen molar-refractivity contribution >= 4 is 12.2 Å². The van der Waals surface area contributed by atoms with Gasteiger partial charge in [0.2, 0.25) is 0 Å². The van der Waals surface area contributed by atoms with E-state index < -0.39 is 53.8 Å². The molecule has 0 radical (unpaired) electrons.